The van der Waals surface area contributed by atoms with Gasteiger partial charge in [-0.05, 0) is 27.2 Å². The third-order valence-corrected chi connectivity index (χ3v) is 5.99. The van der Waals surface area contributed by atoms with E-state index in [-0.39, 0.29) is 13.2 Å². The molecule has 1 aliphatic rings. The van der Waals surface area contributed by atoms with Crippen LogP contribution >= 0.6 is 0 Å². The van der Waals surface area contributed by atoms with E-state index >= 15 is 0 Å². The van der Waals surface area contributed by atoms with E-state index in [1.807, 2.05) is 20.8 Å². The molecule has 0 aromatic rings. The van der Waals surface area contributed by atoms with Crippen LogP contribution in [0.3, 0.4) is 0 Å². The summed E-state index contributed by atoms with van der Waals surface area (Å²) in [5.74, 6) is -1.05. The van der Waals surface area contributed by atoms with Crippen molar-refractivity contribution in [2.45, 2.75) is 63.9 Å². The highest BCUT2D eigenvalue weighted by Gasteiger charge is 2.68. The second-order valence-corrected chi connectivity index (χ2v) is 7.22. The van der Waals surface area contributed by atoms with Crippen LogP contribution < -0.4 is 5.73 Å². The molecule has 4 N–H and O–H groups in total. The molecule has 5 atom stereocenters. The molecule has 1 heterocycles. The molecule has 7 heteroatoms. The quantitative estimate of drug-likeness (QED) is 0.631. The van der Waals surface area contributed by atoms with Crippen molar-refractivity contribution in [3.05, 3.63) is 0 Å². The van der Waals surface area contributed by atoms with Crippen LogP contribution in [-0.4, -0.2) is 66.0 Å². The van der Waals surface area contributed by atoms with Crippen LogP contribution in [0.25, 0.3) is 0 Å². The fourth-order valence-corrected chi connectivity index (χ4v) is 3.59. The van der Waals surface area contributed by atoms with E-state index in [4.69, 9.17) is 25.1 Å². The van der Waals surface area contributed by atoms with Gasteiger partial charge in [-0.3, -0.25) is 0 Å². The highest BCUT2D eigenvalue weighted by Crippen LogP contribution is 2.55. The minimum absolute atomic E-state index is 0.0378. The van der Waals surface area contributed by atoms with E-state index in [9.17, 15) is 9.90 Å². The molecule has 0 amide bonds. The zero-order valence-corrected chi connectivity index (χ0v) is 15.0. The predicted molar refractivity (Wildman–Crippen MR) is 85.2 cm³/mol. The van der Waals surface area contributed by atoms with Crippen molar-refractivity contribution in [1.82, 2.24) is 0 Å². The Bertz CT molecular complexity index is 438. The Hall–Kier alpha value is -0.730. The fourth-order valence-electron chi connectivity index (χ4n) is 3.59. The SMILES string of the molecule is CC[C@]1(C)C(C)(COCC(=O)O)O[C@@H](COC)C(C)(N)[C@]1(C)O. The molecule has 0 aromatic carbocycles. The number of ether oxygens (including phenoxy) is 3. The normalized spacial score (nSPS) is 44.3. The largest absolute Gasteiger partial charge is 0.480 e. The molecular formula is C16H31NO6. The van der Waals surface area contributed by atoms with E-state index < -0.39 is 40.8 Å². The van der Waals surface area contributed by atoms with E-state index in [1.54, 1.807) is 21.0 Å². The molecule has 0 aromatic heterocycles. The third kappa shape index (κ3) is 3.13. The number of rotatable bonds is 7. The molecule has 1 saturated heterocycles. The first kappa shape index (κ1) is 20.3. The van der Waals surface area contributed by atoms with Crippen molar-refractivity contribution in [2.24, 2.45) is 11.1 Å². The van der Waals surface area contributed by atoms with Gasteiger partial charge >= 0.3 is 5.97 Å². The van der Waals surface area contributed by atoms with Gasteiger partial charge in [-0.25, -0.2) is 4.79 Å². The number of carbonyl (C=O) groups is 1. The van der Waals surface area contributed by atoms with E-state index in [1.165, 1.54) is 0 Å². The van der Waals surface area contributed by atoms with Gasteiger partial charge in [-0.15, -0.1) is 0 Å². The molecule has 7 nitrogen and oxygen atoms in total. The molecule has 136 valence electrons. The number of aliphatic hydroxyl groups is 1. The van der Waals surface area contributed by atoms with E-state index in [2.05, 4.69) is 0 Å². The van der Waals surface area contributed by atoms with Crippen LogP contribution in [0.4, 0.5) is 0 Å². The Labute approximate surface area is 138 Å². The number of hydrogen-bond acceptors (Lipinski definition) is 6. The van der Waals surface area contributed by atoms with Crippen LogP contribution in [-0.2, 0) is 19.0 Å². The maximum absolute atomic E-state index is 11.3. The Balaban J connectivity index is 3.24. The molecular weight excluding hydrogens is 302 g/mol. The summed E-state index contributed by atoms with van der Waals surface area (Å²) in [4.78, 5) is 10.7. The van der Waals surface area contributed by atoms with Gasteiger partial charge in [0.2, 0.25) is 0 Å². The topological polar surface area (TPSA) is 111 Å². The summed E-state index contributed by atoms with van der Waals surface area (Å²) in [7, 11) is 1.54. The Morgan fingerprint density at radius 3 is 2.30 bits per heavy atom. The van der Waals surface area contributed by atoms with Crippen molar-refractivity contribution in [3.8, 4) is 0 Å². The average Bonchev–Trinajstić information content (AvgIpc) is 2.43. The number of nitrogens with two attached hydrogens (primary N) is 1. The van der Waals surface area contributed by atoms with Crippen molar-refractivity contribution in [1.29, 1.82) is 0 Å². The van der Waals surface area contributed by atoms with Crippen molar-refractivity contribution < 1.29 is 29.2 Å². The number of hydrogen-bond donors (Lipinski definition) is 3. The second-order valence-electron chi connectivity index (χ2n) is 7.22. The molecule has 0 radical (unpaired) electrons. The first-order valence-electron chi connectivity index (χ1n) is 7.87. The van der Waals surface area contributed by atoms with Crippen molar-refractivity contribution >= 4 is 5.97 Å². The molecule has 1 aliphatic heterocycles. The Morgan fingerprint density at radius 1 is 1.30 bits per heavy atom. The van der Waals surface area contributed by atoms with Gasteiger partial charge < -0.3 is 30.2 Å². The lowest BCUT2D eigenvalue weighted by atomic mass is 9.53. The van der Waals surface area contributed by atoms with E-state index in [0.717, 1.165) is 0 Å². The van der Waals surface area contributed by atoms with Gasteiger partial charge in [-0.1, -0.05) is 13.8 Å². The van der Waals surface area contributed by atoms with Crippen LogP contribution in [0.1, 0.15) is 41.0 Å². The molecule has 0 aliphatic carbocycles. The zero-order chi connectivity index (χ0) is 18.1. The summed E-state index contributed by atoms with van der Waals surface area (Å²) in [5, 5.41) is 20.1. The lowest BCUT2D eigenvalue weighted by Crippen LogP contribution is -2.81. The fraction of sp³-hybridized carbons (Fsp3) is 0.938. The first-order valence-corrected chi connectivity index (χ1v) is 7.87. The van der Waals surface area contributed by atoms with Crippen LogP contribution in [0, 0.1) is 5.41 Å². The molecule has 1 fully saturated rings. The highest BCUT2D eigenvalue weighted by molar-refractivity contribution is 5.68. The number of methoxy groups -OCH3 is 1. The maximum Gasteiger partial charge on any atom is 0.329 e. The average molecular weight is 333 g/mol. The lowest BCUT2D eigenvalue weighted by molar-refractivity contribution is -0.321. The van der Waals surface area contributed by atoms with Gasteiger partial charge in [0.05, 0.1) is 30.0 Å². The van der Waals surface area contributed by atoms with Crippen LogP contribution in [0.5, 0.6) is 0 Å². The minimum Gasteiger partial charge on any atom is -0.480 e. The van der Waals surface area contributed by atoms with Crippen LogP contribution in [0.2, 0.25) is 0 Å². The summed E-state index contributed by atoms with van der Waals surface area (Å²) in [6, 6.07) is 0. The van der Waals surface area contributed by atoms with Gasteiger partial charge in [0.1, 0.15) is 12.7 Å². The third-order valence-electron chi connectivity index (χ3n) is 5.99. The summed E-state index contributed by atoms with van der Waals surface area (Å²) in [5.41, 5.74) is 2.47. The molecule has 0 bridgehead atoms. The lowest BCUT2D eigenvalue weighted by Gasteiger charge is -2.65. The zero-order valence-electron chi connectivity index (χ0n) is 15.0. The number of aliphatic carboxylic acids is 1. The maximum atomic E-state index is 11.3. The summed E-state index contributed by atoms with van der Waals surface area (Å²) < 4.78 is 16.7. The number of carboxylic acids is 1. The summed E-state index contributed by atoms with van der Waals surface area (Å²) >= 11 is 0. The monoisotopic (exact) mass is 333 g/mol. The first-order chi connectivity index (χ1) is 10.4. The van der Waals surface area contributed by atoms with Gasteiger partial charge in [0, 0.05) is 12.5 Å². The molecule has 0 saturated carbocycles. The summed E-state index contributed by atoms with van der Waals surface area (Å²) in [6.07, 6.45) is 0.0277. The Morgan fingerprint density at radius 2 is 1.87 bits per heavy atom. The molecule has 23 heavy (non-hydrogen) atoms. The number of carboxylic acid groups (broad SMARTS) is 1. The highest BCUT2D eigenvalue weighted by atomic mass is 16.6. The standard InChI is InChI=1S/C16H31NO6/c1-7-13(2)14(3,10-22-9-12(18)19)23-11(8-21-6)15(4,17)16(13,5)20/h11,20H,7-10,17H2,1-6H3,(H,18,19)/t11-,13+,14?,15?,16+/m0/s1. The van der Waals surface area contributed by atoms with E-state index in [0.29, 0.717) is 6.42 Å². The van der Waals surface area contributed by atoms with Gasteiger partial charge in [0.25, 0.3) is 0 Å². The second kappa shape index (κ2) is 6.64. The minimum atomic E-state index is -1.28. The smallest absolute Gasteiger partial charge is 0.329 e. The summed E-state index contributed by atoms with van der Waals surface area (Å²) in [6.45, 7) is 8.96. The van der Waals surface area contributed by atoms with Gasteiger partial charge in [-0.2, -0.15) is 0 Å². The van der Waals surface area contributed by atoms with Gasteiger partial charge in [0.15, 0.2) is 0 Å². The van der Waals surface area contributed by atoms with Crippen molar-refractivity contribution in [3.63, 3.8) is 0 Å². The predicted octanol–water partition coefficient (Wildman–Crippen LogP) is 0.776. The molecule has 1 rings (SSSR count). The molecule has 2 unspecified atom stereocenters. The van der Waals surface area contributed by atoms with Crippen molar-refractivity contribution in [2.75, 3.05) is 26.9 Å². The van der Waals surface area contributed by atoms with Crippen LogP contribution in [0.15, 0.2) is 0 Å². The Kier molecular flexibility index (Phi) is 5.87. The molecule has 0 spiro atoms.